The summed E-state index contributed by atoms with van der Waals surface area (Å²) in [5.41, 5.74) is 9.75. The summed E-state index contributed by atoms with van der Waals surface area (Å²) in [5.74, 6) is 0.0873. The maximum absolute atomic E-state index is 12.2. The van der Waals surface area contributed by atoms with E-state index in [-0.39, 0.29) is 24.2 Å². The summed E-state index contributed by atoms with van der Waals surface area (Å²) in [4.78, 5) is 24.0. The molecule has 1 N–H and O–H groups in total. The van der Waals surface area contributed by atoms with Gasteiger partial charge >= 0.3 is 0 Å². The van der Waals surface area contributed by atoms with Crippen LogP contribution in [0.3, 0.4) is 0 Å². The van der Waals surface area contributed by atoms with E-state index in [4.69, 9.17) is 28.9 Å². The Morgan fingerprint density at radius 1 is 0.830 bits per heavy atom. The molecule has 0 aromatic carbocycles. The number of rotatable bonds is 12. The van der Waals surface area contributed by atoms with Gasteiger partial charge in [-0.1, -0.05) is 12.1 Å². The van der Waals surface area contributed by atoms with Gasteiger partial charge < -0.3 is 29.2 Å². The summed E-state index contributed by atoms with van der Waals surface area (Å²) in [6.45, 7) is 10.5. The third kappa shape index (κ3) is 9.82. The molecule has 4 heterocycles. The second-order valence-corrected chi connectivity index (χ2v) is 13.7. The molecule has 9 heteroatoms. The van der Waals surface area contributed by atoms with Gasteiger partial charge in [-0.3, -0.25) is 14.8 Å². The van der Waals surface area contributed by atoms with Crippen LogP contribution in [0, 0.1) is 0 Å². The number of carbonyl (C=O) groups is 1. The predicted octanol–water partition coefficient (Wildman–Crippen LogP) is 6.13. The van der Waals surface area contributed by atoms with E-state index in [0.29, 0.717) is 19.2 Å². The summed E-state index contributed by atoms with van der Waals surface area (Å²) in [7, 11) is 3.47. The second kappa shape index (κ2) is 17.8. The van der Waals surface area contributed by atoms with Crippen molar-refractivity contribution in [3.8, 4) is 0 Å². The Kier molecular flexibility index (Phi) is 13.6. The van der Waals surface area contributed by atoms with Crippen LogP contribution in [0.4, 0.5) is 0 Å². The number of hydrogen-bond acceptors (Lipinski definition) is 8. The van der Waals surface area contributed by atoms with Crippen molar-refractivity contribution in [1.82, 2.24) is 20.2 Å². The fourth-order valence-corrected chi connectivity index (χ4v) is 7.31. The third-order valence-corrected chi connectivity index (χ3v) is 10.3. The number of nitrogens with one attached hydrogen (secondary N) is 1. The molecule has 0 radical (unpaired) electrons. The van der Waals surface area contributed by atoms with Crippen LogP contribution in [0.15, 0.2) is 12.1 Å². The minimum absolute atomic E-state index is 0.0479. The standard InChI is InChI=1S/C20H30N2O3.C18H28N2O2/c1-14(24-3)20-17(11-16-7-4-5-9-19(16)21-20)12-22(15(2)23)13-18-8-6-10-25-18;1-13(21-2)18-15(11-19-12-16-7-5-9-22-16)10-14-6-3-4-8-17(14)20-18/h11,14,18H,4-10,12-13H2,1-3H3;10,13,16,19H,3-9,11-12H2,1-2H3/t14?,18-;13?,16-/m11/s1. The first-order valence-electron chi connectivity index (χ1n) is 18.1. The molecular formula is C38H58N4O5. The number of hydrogen-bond donors (Lipinski definition) is 1. The van der Waals surface area contributed by atoms with E-state index >= 15 is 0 Å². The summed E-state index contributed by atoms with van der Waals surface area (Å²) in [5, 5.41) is 3.55. The molecule has 2 aliphatic heterocycles. The number of aryl methyl sites for hydroxylation is 4. The first kappa shape index (κ1) is 35.9. The van der Waals surface area contributed by atoms with Crippen LogP contribution in [0.5, 0.6) is 0 Å². The van der Waals surface area contributed by atoms with Crippen molar-refractivity contribution in [2.24, 2.45) is 0 Å². The average molecular weight is 651 g/mol. The lowest BCUT2D eigenvalue weighted by molar-refractivity contribution is -0.131. The van der Waals surface area contributed by atoms with Gasteiger partial charge in [-0.05, 0) is 113 Å². The van der Waals surface area contributed by atoms with Crippen LogP contribution in [0.1, 0.15) is 129 Å². The Morgan fingerprint density at radius 3 is 1.89 bits per heavy atom. The molecule has 4 atom stereocenters. The Bertz CT molecular complexity index is 1310. The summed E-state index contributed by atoms with van der Waals surface area (Å²) in [6, 6.07) is 4.62. The van der Waals surface area contributed by atoms with E-state index in [1.807, 2.05) is 11.8 Å². The van der Waals surface area contributed by atoms with E-state index < -0.39 is 0 Å². The van der Waals surface area contributed by atoms with E-state index in [0.717, 1.165) is 75.4 Å². The lowest BCUT2D eigenvalue weighted by Crippen LogP contribution is -2.36. The number of nitrogens with zero attached hydrogens (tertiary/aromatic N) is 3. The SMILES string of the molecule is COC(C)c1nc2c(cc1CN(C[C@H]1CCCO1)C(C)=O)CCCC2.COC(C)c1nc2c(cc1CNC[C@H]1CCCO1)CCCC2. The molecular weight excluding hydrogens is 592 g/mol. The van der Waals surface area contributed by atoms with Crippen molar-refractivity contribution in [3.05, 3.63) is 57.2 Å². The lowest BCUT2D eigenvalue weighted by Gasteiger charge is -2.27. The van der Waals surface area contributed by atoms with Gasteiger partial charge in [0, 0.05) is 71.9 Å². The van der Waals surface area contributed by atoms with Crippen molar-refractivity contribution >= 4 is 5.91 Å². The first-order chi connectivity index (χ1) is 22.9. The summed E-state index contributed by atoms with van der Waals surface area (Å²) >= 11 is 0. The van der Waals surface area contributed by atoms with E-state index in [9.17, 15) is 4.79 Å². The van der Waals surface area contributed by atoms with Crippen LogP contribution in [0.2, 0.25) is 0 Å². The van der Waals surface area contributed by atoms with Crippen molar-refractivity contribution in [3.63, 3.8) is 0 Å². The molecule has 2 fully saturated rings. The normalized spacial score (nSPS) is 21.7. The zero-order valence-electron chi connectivity index (χ0n) is 29.6. The van der Waals surface area contributed by atoms with Crippen molar-refractivity contribution in [1.29, 1.82) is 0 Å². The number of methoxy groups -OCH3 is 2. The maximum Gasteiger partial charge on any atom is 0.219 e. The smallest absolute Gasteiger partial charge is 0.219 e. The fraction of sp³-hybridized carbons (Fsp3) is 0.711. The average Bonchev–Trinajstić information content (AvgIpc) is 3.82. The quantitative estimate of drug-likeness (QED) is 0.293. The second-order valence-electron chi connectivity index (χ2n) is 13.7. The number of amides is 1. The molecule has 0 saturated carbocycles. The van der Waals surface area contributed by atoms with Gasteiger partial charge in [0.2, 0.25) is 5.91 Å². The third-order valence-electron chi connectivity index (χ3n) is 10.3. The molecule has 4 aliphatic rings. The Hall–Kier alpha value is -2.43. The zero-order valence-corrected chi connectivity index (χ0v) is 29.6. The number of pyridine rings is 2. The van der Waals surface area contributed by atoms with Crippen LogP contribution in [-0.2, 0) is 62.5 Å². The van der Waals surface area contributed by atoms with Gasteiger partial charge in [0.05, 0.1) is 35.8 Å². The number of fused-ring (bicyclic) bond motifs is 2. The highest BCUT2D eigenvalue weighted by Crippen LogP contribution is 2.29. The highest BCUT2D eigenvalue weighted by atomic mass is 16.5. The van der Waals surface area contributed by atoms with Gasteiger partial charge in [0.15, 0.2) is 0 Å². The largest absolute Gasteiger partial charge is 0.377 e. The van der Waals surface area contributed by atoms with Crippen molar-refractivity contribution < 1.29 is 23.7 Å². The first-order valence-corrected chi connectivity index (χ1v) is 18.1. The van der Waals surface area contributed by atoms with Gasteiger partial charge in [-0.25, -0.2) is 0 Å². The van der Waals surface area contributed by atoms with E-state index in [2.05, 4.69) is 24.4 Å². The molecule has 2 aliphatic carbocycles. The van der Waals surface area contributed by atoms with Crippen molar-refractivity contribution in [2.75, 3.05) is 40.5 Å². The molecule has 2 unspecified atom stereocenters. The Balaban J connectivity index is 0.000000186. The number of carbonyl (C=O) groups excluding carboxylic acids is 1. The van der Waals surface area contributed by atoms with Crippen LogP contribution in [0.25, 0.3) is 0 Å². The van der Waals surface area contributed by atoms with E-state index in [1.165, 1.54) is 73.0 Å². The monoisotopic (exact) mass is 650 g/mol. The Morgan fingerprint density at radius 2 is 1.36 bits per heavy atom. The fourth-order valence-electron chi connectivity index (χ4n) is 7.31. The summed E-state index contributed by atoms with van der Waals surface area (Å²) < 4.78 is 22.5. The molecule has 0 bridgehead atoms. The maximum atomic E-state index is 12.2. The molecule has 0 spiro atoms. The van der Waals surface area contributed by atoms with Gasteiger partial charge in [-0.2, -0.15) is 0 Å². The number of aromatic nitrogens is 2. The molecule has 2 aromatic rings. The molecule has 2 aromatic heterocycles. The zero-order chi connectivity index (χ0) is 33.2. The topological polar surface area (TPSA) is 95.0 Å². The predicted molar refractivity (Wildman–Crippen MR) is 183 cm³/mol. The highest BCUT2D eigenvalue weighted by Gasteiger charge is 2.25. The minimum Gasteiger partial charge on any atom is -0.377 e. The van der Waals surface area contributed by atoms with Crippen LogP contribution >= 0.6 is 0 Å². The minimum atomic E-state index is -0.0706. The van der Waals surface area contributed by atoms with Gasteiger partial charge in [0.1, 0.15) is 0 Å². The van der Waals surface area contributed by atoms with Gasteiger partial charge in [-0.15, -0.1) is 0 Å². The van der Waals surface area contributed by atoms with Crippen molar-refractivity contribution in [2.45, 2.75) is 135 Å². The molecule has 260 valence electrons. The number of ether oxygens (including phenoxy) is 4. The molecule has 2 saturated heterocycles. The van der Waals surface area contributed by atoms with E-state index in [1.54, 1.807) is 21.1 Å². The molecule has 6 rings (SSSR count). The molecule has 47 heavy (non-hydrogen) atoms. The summed E-state index contributed by atoms with van der Waals surface area (Å²) in [6.07, 6.45) is 14.4. The Labute approximate surface area is 282 Å². The highest BCUT2D eigenvalue weighted by molar-refractivity contribution is 5.73. The van der Waals surface area contributed by atoms with Crippen LogP contribution in [-0.4, -0.2) is 73.5 Å². The molecule has 9 nitrogen and oxygen atoms in total. The van der Waals surface area contributed by atoms with Crippen LogP contribution < -0.4 is 5.32 Å². The van der Waals surface area contributed by atoms with Gasteiger partial charge in [0.25, 0.3) is 0 Å². The molecule has 1 amide bonds. The lowest BCUT2D eigenvalue weighted by atomic mass is 9.93.